The lowest BCUT2D eigenvalue weighted by Crippen LogP contribution is -1.81. The number of rotatable bonds is 5. The summed E-state index contributed by atoms with van der Waals surface area (Å²) in [6.07, 6.45) is 1.14. The molecule has 0 fully saturated rings. The van der Waals surface area contributed by atoms with Gasteiger partial charge in [-0.2, -0.15) is 0 Å². The van der Waals surface area contributed by atoms with E-state index in [0.717, 1.165) is 39.4 Å². The molecule has 1 aromatic carbocycles. The fourth-order valence-electron chi connectivity index (χ4n) is 1.38. The number of hydrogen-bond donors (Lipinski definition) is 1. The molecule has 0 aliphatic rings. The zero-order valence-electron chi connectivity index (χ0n) is 9.00. The third kappa shape index (κ3) is 2.71. The standard InChI is InChI=1S/C11H13BrN2OS/c1-15-8-3-4-9-10(7-8)14-11(13-9)16-6-2-5-12/h3-4,7H,2,5-6H2,1H3,(H,13,14). The van der Waals surface area contributed by atoms with Gasteiger partial charge in [-0.3, -0.25) is 0 Å². The lowest BCUT2D eigenvalue weighted by Gasteiger charge is -1.96. The van der Waals surface area contributed by atoms with Crippen molar-refractivity contribution in [1.29, 1.82) is 0 Å². The summed E-state index contributed by atoms with van der Waals surface area (Å²) in [5, 5.41) is 2.01. The van der Waals surface area contributed by atoms with Gasteiger partial charge in [-0.05, 0) is 18.6 Å². The van der Waals surface area contributed by atoms with Crippen LogP contribution < -0.4 is 4.74 Å². The first-order chi connectivity index (χ1) is 7.83. The molecule has 3 nitrogen and oxygen atoms in total. The number of fused-ring (bicyclic) bond motifs is 1. The summed E-state index contributed by atoms with van der Waals surface area (Å²) in [6.45, 7) is 0. The number of hydrogen-bond acceptors (Lipinski definition) is 3. The number of ether oxygens (including phenoxy) is 1. The lowest BCUT2D eigenvalue weighted by molar-refractivity contribution is 0.415. The lowest BCUT2D eigenvalue weighted by atomic mass is 10.3. The third-order valence-electron chi connectivity index (χ3n) is 2.18. The Morgan fingerprint density at radius 3 is 3.12 bits per heavy atom. The maximum absolute atomic E-state index is 5.17. The number of nitrogens with one attached hydrogen (secondary N) is 1. The maximum atomic E-state index is 5.17. The third-order valence-corrected chi connectivity index (χ3v) is 3.70. The van der Waals surface area contributed by atoms with Gasteiger partial charge in [-0.1, -0.05) is 27.7 Å². The van der Waals surface area contributed by atoms with E-state index in [1.165, 1.54) is 0 Å². The molecule has 0 aliphatic carbocycles. The molecule has 1 heterocycles. The van der Waals surface area contributed by atoms with E-state index < -0.39 is 0 Å². The number of thioether (sulfide) groups is 1. The topological polar surface area (TPSA) is 37.9 Å². The Labute approximate surface area is 107 Å². The molecule has 0 atom stereocenters. The molecule has 5 heteroatoms. The van der Waals surface area contributed by atoms with Gasteiger partial charge in [0, 0.05) is 17.1 Å². The minimum absolute atomic E-state index is 0.855. The Morgan fingerprint density at radius 2 is 2.38 bits per heavy atom. The minimum atomic E-state index is 0.855. The zero-order valence-corrected chi connectivity index (χ0v) is 11.4. The van der Waals surface area contributed by atoms with E-state index in [-0.39, 0.29) is 0 Å². The van der Waals surface area contributed by atoms with Crippen LogP contribution in [-0.2, 0) is 0 Å². The van der Waals surface area contributed by atoms with E-state index in [1.807, 2.05) is 18.2 Å². The first-order valence-corrected chi connectivity index (χ1v) is 7.16. The molecule has 0 saturated heterocycles. The van der Waals surface area contributed by atoms with Crippen molar-refractivity contribution in [2.75, 3.05) is 18.2 Å². The number of halogens is 1. The Morgan fingerprint density at radius 1 is 1.50 bits per heavy atom. The maximum Gasteiger partial charge on any atom is 0.166 e. The predicted octanol–water partition coefficient (Wildman–Crippen LogP) is 3.45. The van der Waals surface area contributed by atoms with Crippen LogP contribution in [0.1, 0.15) is 6.42 Å². The van der Waals surface area contributed by atoms with E-state index in [4.69, 9.17) is 4.74 Å². The van der Waals surface area contributed by atoms with Crippen LogP contribution in [0.25, 0.3) is 11.0 Å². The molecule has 0 unspecified atom stereocenters. The highest BCUT2D eigenvalue weighted by Gasteiger charge is 2.03. The minimum Gasteiger partial charge on any atom is -0.497 e. The number of imidazole rings is 1. The van der Waals surface area contributed by atoms with E-state index in [2.05, 4.69) is 25.9 Å². The average molecular weight is 301 g/mol. The van der Waals surface area contributed by atoms with Crippen molar-refractivity contribution in [1.82, 2.24) is 9.97 Å². The quantitative estimate of drug-likeness (QED) is 0.522. The van der Waals surface area contributed by atoms with Crippen molar-refractivity contribution in [2.24, 2.45) is 0 Å². The van der Waals surface area contributed by atoms with Crippen molar-refractivity contribution in [3.63, 3.8) is 0 Å². The first kappa shape index (κ1) is 11.8. The molecule has 2 rings (SSSR count). The Bertz CT molecular complexity index is 472. The van der Waals surface area contributed by atoms with Crippen LogP contribution in [0.15, 0.2) is 23.4 Å². The SMILES string of the molecule is COc1ccc2nc(SCCCBr)[nH]c2c1. The highest BCUT2D eigenvalue weighted by Crippen LogP contribution is 2.23. The molecule has 86 valence electrons. The Hall–Kier alpha value is -0.680. The van der Waals surface area contributed by atoms with Gasteiger partial charge in [-0.25, -0.2) is 4.98 Å². The molecule has 2 aromatic rings. The molecule has 1 aromatic heterocycles. The van der Waals surface area contributed by atoms with Crippen LogP contribution in [-0.4, -0.2) is 28.2 Å². The number of benzene rings is 1. The molecule has 0 saturated carbocycles. The van der Waals surface area contributed by atoms with E-state index in [1.54, 1.807) is 18.9 Å². The summed E-state index contributed by atoms with van der Waals surface area (Å²) in [4.78, 5) is 7.78. The second kappa shape index (κ2) is 5.59. The number of nitrogens with zero attached hydrogens (tertiary/aromatic N) is 1. The fourth-order valence-corrected chi connectivity index (χ4v) is 2.86. The van der Waals surface area contributed by atoms with Gasteiger partial charge >= 0.3 is 0 Å². The molecule has 16 heavy (non-hydrogen) atoms. The molecular formula is C11H13BrN2OS. The highest BCUT2D eigenvalue weighted by molar-refractivity contribution is 9.09. The summed E-state index contributed by atoms with van der Waals surface area (Å²) in [5.74, 6) is 1.93. The summed E-state index contributed by atoms with van der Waals surface area (Å²) in [6, 6.07) is 5.87. The highest BCUT2D eigenvalue weighted by atomic mass is 79.9. The normalized spacial score (nSPS) is 10.9. The summed E-state index contributed by atoms with van der Waals surface area (Å²) >= 11 is 5.16. The molecule has 0 amide bonds. The smallest absolute Gasteiger partial charge is 0.166 e. The van der Waals surface area contributed by atoms with E-state index >= 15 is 0 Å². The number of H-pyrrole nitrogens is 1. The summed E-state index contributed by atoms with van der Waals surface area (Å²) in [7, 11) is 1.67. The summed E-state index contributed by atoms with van der Waals surface area (Å²) in [5.41, 5.74) is 2.02. The van der Waals surface area contributed by atoms with Crippen LogP contribution in [0.5, 0.6) is 5.75 Å². The fraction of sp³-hybridized carbons (Fsp3) is 0.364. The molecule has 0 spiro atoms. The van der Waals surface area contributed by atoms with Crippen molar-refractivity contribution in [3.05, 3.63) is 18.2 Å². The number of aromatic nitrogens is 2. The van der Waals surface area contributed by atoms with Crippen molar-refractivity contribution in [3.8, 4) is 5.75 Å². The van der Waals surface area contributed by atoms with Crippen molar-refractivity contribution in [2.45, 2.75) is 11.6 Å². The Kier molecular flexibility index (Phi) is 4.12. The molecular weight excluding hydrogens is 288 g/mol. The van der Waals surface area contributed by atoms with Gasteiger partial charge < -0.3 is 9.72 Å². The second-order valence-electron chi connectivity index (χ2n) is 3.32. The van der Waals surface area contributed by atoms with Gasteiger partial charge in [0.1, 0.15) is 5.75 Å². The van der Waals surface area contributed by atoms with Gasteiger partial charge in [0.25, 0.3) is 0 Å². The number of alkyl halides is 1. The molecule has 0 bridgehead atoms. The van der Waals surface area contributed by atoms with Crippen LogP contribution in [0.2, 0.25) is 0 Å². The van der Waals surface area contributed by atoms with Crippen molar-refractivity contribution >= 4 is 38.7 Å². The van der Waals surface area contributed by atoms with Gasteiger partial charge in [-0.15, -0.1) is 0 Å². The zero-order chi connectivity index (χ0) is 11.4. The monoisotopic (exact) mass is 300 g/mol. The predicted molar refractivity (Wildman–Crippen MR) is 71.8 cm³/mol. The van der Waals surface area contributed by atoms with Crippen LogP contribution in [0.4, 0.5) is 0 Å². The van der Waals surface area contributed by atoms with E-state index in [0.29, 0.717) is 0 Å². The largest absolute Gasteiger partial charge is 0.497 e. The van der Waals surface area contributed by atoms with Crippen LogP contribution in [0.3, 0.4) is 0 Å². The van der Waals surface area contributed by atoms with Crippen LogP contribution in [0, 0.1) is 0 Å². The summed E-state index contributed by atoms with van der Waals surface area (Å²) < 4.78 is 5.17. The van der Waals surface area contributed by atoms with Crippen molar-refractivity contribution < 1.29 is 4.74 Å². The molecule has 1 N–H and O–H groups in total. The number of methoxy groups -OCH3 is 1. The van der Waals surface area contributed by atoms with Gasteiger partial charge in [0.2, 0.25) is 0 Å². The van der Waals surface area contributed by atoms with Crippen LogP contribution >= 0.6 is 27.7 Å². The van der Waals surface area contributed by atoms with E-state index in [9.17, 15) is 0 Å². The number of aromatic amines is 1. The van der Waals surface area contributed by atoms with Gasteiger partial charge in [0.05, 0.1) is 18.1 Å². The molecule has 0 aliphatic heterocycles. The molecule has 0 radical (unpaired) electrons. The van der Waals surface area contributed by atoms with Gasteiger partial charge in [0.15, 0.2) is 5.16 Å². The average Bonchev–Trinajstić information content (AvgIpc) is 2.70. The Balaban J connectivity index is 2.16. The second-order valence-corrected chi connectivity index (χ2v) is 5.19. The first-order valence-electron chi connectivity index (χ1n) is 5.06.